The molecule has 0 amide bonds. The summed E-state index contributed by atoms with van der Waals surface area (Å²) in [6, 6.07) is 20.6. The van der Waals surface area contributed by atoms with E-state index < -0.39 is 7.28 Å². The molecule has 3 rings (SSSR count). The van der Waals surface area contributed by atoms with Gasteiger partial charge in [-0.25, -0.2) is 4.74 Å². The second kappa shape index (κ2) is 9.83. The molecule has 1 aromatic heterocycles. The first kappa shape index (κ1) is 23.9. The summed E-state index contributed by atoms with van der Waals surface area (Å²) < 4.78 is 19.5. The van der Waals surface area contributed by atoms with Crippen LogP contribution in [-0.2, 0) is 0 Å². The smallest absolute Gasteiger partial charge is 0.207 e. The predicted molar refractivity (Wildman–Crippen MR) is 142 cm³/mol. The number of hydrogen-bond donors (Lipinski definition) is 0. The molecule has 1 heterocycles. The molecule has 0 saturated carbocycles. The molecular weight excluding hydrogens is 518 g/mol. The van der Waals surface area contributed by atoms with Crippen LogP contribution in [0, 0.1) is 10.5 Å². The summed E-state index contributed by atoms with van der Waals surface area (Å²) in [5.41, 5.74) is 2.86. The predicted octanol–water partition coefficient (Wildman–Crippen LogP) is 7.99. The first-order valence-electron chi connectivity index (χ1n) is 10.7. The average molecular weight is 550 g/mol. The fourth-order valence-electron chi connectivity index (χ4n) is 3.47. The van der Waals surface area contributed by atoms with Crippen LogP contribution < -0.4 is 14.9 Å². The highest BCUT2D eigenvalue weighted by Gasteiger charge is 2.41. The largest absolute Gasteiger partial charge is 0.457 e. The molecule has 0 saturated heterocycles. The molecule has 1 atom stereocenters. The maximum Gasteiger partial charge on any atom is 0.207 e. The molecule has 166 valence electrons. The Kier molecular flexibility index (Phi) is 7.59. The van der Waals surface area contributed by atoms with E-state index in [1.807, 2.05) is 37.3 Å². The number of hydrogen-bond acceptors (Lipinski definition) is 4. The van der Waals surface area contributed by atoms with E-state index in [1.54, 1.807) is 0 Å². The van der Waals surface area contributed by atoms with Crippen LogP contribution in [0.5, 0.6) is 5.75 Å². The number of benzene rings is 2. The molecule has 0 radical (unpaired) electrons. The number of halogens is 1. The number of nitrogens with zero attached hydrogens (tertiary/aromatic N) is 2. The monoisotopic (exact) mass is 550 g/mol. The molecule has 0 aliphatic heterocycles. The van der Waals surface area contributed by atoms with Crippen molar-refractivity contribution >= 4 is 46.7 Å². The van der Waals surface area contributed by atoms with Crippen molar-refractivity contribution in [2.75, 3.05) is 18.0 Å². The van der Waals surface area contributed by atoms with Crippen LogP contribution in [0.2, 0.25) is 0 Å². The molecule has 4 nitrogen and oxygen atoms in total. The third-order valence-electron chi connectivity index (χ3n) is 5.20. The molecule has 31 heavy (non-hydrogen) atoms. The zero-order chi connectivity index (χ0) is 22.6. The summed E-state index contributed by atoms with van der Waals surface area (Å²) in [7, 11) is -2.60. The van der Waals surface area contributed by atoms with Gasteiger partial charge in [-0.1, -0.05) is 26.8 Å². The van der Waals surface area contributed by atoms with Crippen LogP contribution >= 0.6 is 29.9 Å². The Labute approximate surface area is 200 Å². The topological polar surface area (TPSA) is 38.0 Å². The van der Waals surface area contributed by atoms with Gasteiger partial charge in [-0.05, 0) is 91.9 Å². The second-order valence-electron chi connectivity index (χ2n) is 8.47. The molecule has 0 bridgehead atoms. The fourth-order valence-corrected chi connectivity index (χ4v) is 6.71. The van der Waals surface area contributed by atoms with Gasteiger partial charge in [-0.3, -0.25) is 0 Å². The van der Waals surface area contributed by atoms with Gasteiger partial charge in [0, 0.05) is 33.6 Å². The third-order valence-corrected chi connectivity index (χ3v) is 9.56. The second-order valence-corrected chi connectivity index (χ2v) is 13.0. The molecule has 2 aromatic carbocycles. The quantitative estimate of drug-likeness (QED) is 0.221. The van der Waals surface area contributed by atoms with Crippen molar-refractivity contribution in [3.63, 3.8) is 0 Å². The van der Waals surface area contributed by atoms with Crippen molar-refractivity contribution in [1.82, 2.24) is 0 Å². The van der Waals surface area contributed by atoms with Gasteiger partial charge in [0.1, 0.15) is 11.5 Å². The summed E-state index contributed by atoms with van der Waals surface area (Å²) in [5.74, 6) is 1.68. The molecule has 3 aromatic rings. The van der Waals surface area contributed by atoms with Gasteiger partial charge in [0.15, 0.2) is 5.50 Å². The van der Waals surface area contributed by atoms with Crippen LogP contribution in [0.4, 0.5) is 11.4 Å². The van der Waals surface area contributed by atoms with Gasteiger partial charge in [0.25, 0.3) is 0 Å². The van der Waals surface area contributed by atoms with E-state index in [0.717, 1.165) is 41.5 Å². The normalized spacial score (nSPS) is 13.5. The summed E-state index contributed by atoms with van der Waals surface area (Å²) in [6.07, 6.45) is 0. The maximum absolute atomic E-state index is 6.90. The highest BCUT2D eigenvalue weighted by atomic mass is 127. The van der Waals surface area contributed by atoms with Gasteiger partial charge in [0.05, 0.1) is 5.69 Å². The Bertz CT molecular complexity index is 1060. The standard InChI is InChI=1S/C25H32IN2O2P/c1-7-28(8-2)22-10-9-11-23(18-22)30-31(25(4,5)6,24-17-12-19(3)29-24)27-21-15-13-20(26)14-16-21/h9-18H,7-8H2,1-6H3/t31-/m1/s1. The van der Waals surface area contributed by atoms with Gasteiger partial charge in [-0.2, -0.15) is 0 Å². The van der Waals surface area contributed by atoms with E-state index >= 15 is 0 Å². The van der Waals surface area contributed by atoms with Gasteiger partial charge < -0.3 is 13.8 Å². The van der Waals surface area contributed by atoms with E-state index in [-0.39, 0.29) is 5.16 Å². The van der Waals surface area contributed by atoms with Crippen molar-refractivity contribution in [2.45, 2.75) is 46.7 Å². The van der Waals surface area contributed by atoms with Crippen LogP contribution in [0.15, 0.2) is 69.8 Å². The zero-order valence-electron chi connectivity index (χ0n) is 19.2. The molecule has 0 N–H and O–H groups in total. The van der Waals surface area contributed by atoms with E-state index in [9.17, 15) is 0 Å². The van der Waals surface area contributed by atoms with Gasteiger partial charge >= 0.3 is 0 Å². The van der Waals surface area contributed by atoms with Crippen LogP contribution in [-0.4, -0.2) is 18.2 Å². The summed E-state index contributed by atoms with van der Waals surface area (Å²) in [6.45, 7) is 14.7. The lowest BCUT2D eigenvalue weighted by Gasteiger charge is -2.35. The van der Waals surface area contributed by atoms with Gasteiger partial charge in [-0.15, -0.1) is 0 Å². The van der Waals surface area contributed by atoms with Crippen LogP contribution in [0.1, 0.15) is 40.4 Å². The van der Waals surface area contributed by atoms with Crippen LogP contribution in [0.25, 0.3) is 0 Å². The lowest BCUT2D eigenvalue weighted by atomic mass is 10.2. The van der Waals surface area contributed by atoms with Crippen LogP contribution in [0.3, 0.4) is 0 Å². The Morgan fingerprint density at radius 2 is 1.68 bits per heavy atom. The Morgan fingerprint density at radius 3 is 2.23 bits per heavy atom. The molecule has 0 unspecified atom stereocenters. The molecule has 0 spiro atoms. The first-order chi connectivity index (χ1) is 14.7. The number of aryl methyl sites for hydroxylation is 1. The average Bonchev–Trinajstić information content (AvgIpc) is 3.16. The van der Waals surface area contributed by atoms with Crippen molar-refractivity contribution in [2.24, 2.45) is 4.74 Å². The number of rotatable bonds is 7. The molecular formula is C25H32IN2O2P. The van der Waals surface area contributed by atoms with E-state index in [1.165, 1.54) is 3.57 Å². The van der Waals surface area contributed by atoms with E-state index in [2.05, 4.69) is 92.4 Å². The van der Waals surface area contributed by atoms with Crippen molar-refractivity contribution in [1.29, 1.82) is 0 Å². The summed E-state index contributed by atoms with van der Waals surface area (Å²) in [4.78, 5) is 2.32. The number of anilines is 1. The number of furan rings is 1. The molecule has 6 heteroatoms. The van der Waals surface area contributed by atoms with Crippen molar-refractivity contribution < 1.29 is 8.94 Å². The minimum Gasteiger partial charge on any atom is -0.457 e. The Hall–Kier alpha value is -1.72. The third kappa shape index (κ3) is 5.38. The first-order valence-corrected chi connectivity index (χ1v) is 13.4. The minimum absolute atomic E-state index is 0.272. The van der Waals surface area contributed by atoms with E-state index in [4.69, 9.17) is 13.7 Å². The SMILES string of the molecule is CCN(CC)c1cccc(O[P@](=Nc2ccc(I)cc2)(c2ccc(C)o2)C(C)(C)C)c1. The molecule has 0 aliphatic rings. The highest BCUT2D eigenvalue weighted by molar-refractivity contribution is 14.1. The van der Waals surface area contributed by atoms with Gasteiger partial charge in [0.2, 0.25) is 7.28 Å². The molecule has 0 aliphatic carbocycles. The Balaban J connectivity index is 2.21. The van der Waals surface area contributed by atoms with Crippen molar-refractivity contribution in [3.05, 3.63) is 70.0 Å². The minimum atomic E-state index is -2.60. The Morgan fingerprint density at radius 1 is 1.00 bits per heavy atom. The molecule has 0 fully saturated rings. The fraction of sp³-hybridized carbons (Fsp3) is 0.360. The highest BCUT2D eigenvalue weighted by Crippen LogP contribution is 2.62. The zero-order valence-corrected chi connectivity index (χ0v) is 22.3. The van der Waals surface area contributed by atoms with Crippen molar-refractivity contribution in [3.8, 4) is 5.75 Å². The lowest BCUT2D eigenvalue weighted by Crippen LogP contribution is -2.26. The van der Waals surface area contributed by atoms with E-state index in [0.29, 0.717) is 0 Å². The summed E-state index contributed by atoms with van der Waals surface area (Å²) >= 11 is 2.31. The summed E-state index contributed by atoms with van der Waals surface area (Å²) in [5, 5.41) is -0.272. The lowest BCUT2D eigenvalue weighted by molar-refractivity contribution is 0.527. The maximum atomic E-state index is 6.90.